The maximum Gasteiger partial charge on any atom is 0.231 e. The summed E-state index contributed by atoms with van der Waals surface area (Å²) in [5.74, 6) is 3.39. The van der Waals surface area contributed by atoms with E-state index in [-0.39, 0.29) is 6.79 Å². The molecule has 1 aromatic heterocycles. The monoisotopic (exact) mass is 345 g/mol. The van der Waals surface area contributed by atoms with Gasteiger partial charge in [0.2, 0.25) is 6.79 Å². The van der Waals surface area contributed by atoms with Gasteiger partial charge in [-0.2, -0.15) is 5.26 Å². The zero-order chi connectivity index (χ0) is 17.9. The lowest BCUT2D eigenvalue weighted by molar-refractivity contribution is 0.174. The molecule has 0 bridgehead atoms. The highest BCUT2D eigenvalue weighted by atomic mass is 16.7. The van der Waals surface area contributed by atoms with Crippen LogP contribution in [-0.4, -0.2) is 16.8 Å². The second-order valence-electron chi connectivity index (χ2n) is 5.69. The van der Waals surface area contributed by atoms with Crippen LogP contribution in [0.2, 0.25) is 0 Å². The Labute approximate surface area is 150 Å². The van der Waals surface area contributed by atoms with Crippen molar-refractivity contribution in [1.82, 2.24) is 9.97 Å². The average Bonchev–Trinajstić information content (AvgIpc) is 3.09. The van der Waals surface area contributed by atoms with Crippen LogP contribution in [0.3, 0.4) is 0 Å². The van der Waals surface area contributed by atoms with Crippen molar-refractivity contribution in [2.24, 2.45) is 0 Å². The van der Waals surface area contributed by atoms with Gasteiger partial charge in [-0.25, -0.2) is 9.97 Å². The first-order valence-electron chi connectivity index (χ1n) is 7.99. The third-order valence-corrected chi connectivity index (χ3v) is 3.77. The van der Waals surface area contributed by atoms with E-state index < -0.39 is 0 Å². The molecule has 0 saturated carbocycles. The number of fused-ring (bicyclic) bond motifs is 1. The van der Waals surface area contributed by atoms with E-state index in [1.54, 1.807) is 12.1 Å². The van der Waals surface area contributed by atoms with Crippen LogP contribution in [0, 0.1) is 18.3 Å². The van der Waals surface area contributed by atoms with Gasteiger partial charge >= 0.3 is 0 Å². The maximum absolute atomic E-state index is 8.87. The molecule has 2 N–H and O–H groups in total. The lowest BCUT2D eigenvalue weighted by Crippen LogP contribution is -2.01. The van der Waals surface area contributed by atoms with Gasteiger partial charge in [0.15, 0.2) is 11.5 Å². The summed E-state index contributed by atoms with van der Waals surface area (Å²) in [7, 11) is 0. The fourth-order valence-electron chi connectivity index (χ4n) is 2.59. The van der Waals surface area contributed by atoms with E-state index in [4.69, 9.17) is 14.7 Å². The second-order valence-corrected chi connectivity index (χ2v) is 5.69. The van der Waals surface area contributed by atoms with E-state index >= 15 is 0 Å². The van der Waals surface area contributed by atoms with E-state index in [2.05, 4.69) is 26.7 Å². The molecular weight excluding hydrogens is 330 g/mol. The second kappa shape index (κ2) is 6.61. The molecule has 0 radical (unpaired) electrons. The number of benzene rings is 2. The molecule has 1 aliphatic rings. The van der Waals surface area contributed by atoms with Gasteiger partial charge in [-0.1, -0.05) is 0 Å². The smallest absolute Gasteiger partial charge is 0.231 e. The molecule has 0 fully saturated rings. The summed E-state index contributed by atoms with van der Waals surface area (Å²) < 4.78 is 10.7. The molecule has 7 nitrogen and oxygen atoms in total. The Bertz CT molecular complexity index is 996. The third-order valence-electron chi connectivity index (χ3n) is 3.77. The molecule has 2 aromatic carbocycles. The summed E-state index contributed by atoms with van der Waals surface area (Å²) in [6.45, 7) is 2.07. The van der Waals surface area contributed by atoms with Crippen molar-refractivity contribution in [3.63, 3.8) is 0 Å². The number of ether oxygens (including phenoxy) is 2. The summed E-state index contributed by atoms with van der Waals surface area (Å²) >= 11 is 0. The van der Waals surface area contributed by atoms with Gasteiger partial charge < -0.3 is 20.1 Å². The molecular formula is C19H15N5O2. The maximum atomic E-state index is 8.87. The molecule has 4 rings (SSSR count). The molecule has 2 heterocycles. The molecule has 0 aliphatic carbocycles. The van der Waals surface area contributed by atoms with Gasteiger partial charge in [0, 0.05) is 23.5 Å². The standard InChI is InChI=1S/C19H15N5O2/c1-12-21-18(23-14-4-2-13(10-20)3-5-14)9-19(22-12)24-15-6-7-16-17(8-15)26-11-25-16/h2-9H,11H2,1H3,(H2,21,22,23,24). The summed E-state index contributed by atoms with van der Waals surface area (Å²) in [6, 6.07) is 16.7. The minimum atomic E-state index is 0.240. The van der Waals surface area contributed by atoms with E-state index in [0.717, 1.165) is 17.1 Å². The SMILES string of the molecule is Cc1nc(Nc2ccc(C#N)cc2)cc(Nc2ccc3c(c2)OCO3)n1. The van der Waals surface area contributed by atoms with Gasteiger partial charge in [0.05, 0.1) is 11.6 Å². The van der Waals surface area contributed by atoms with Gasteiger partial charge in [-0.15, -0.1) is 0 Å². The van der Waals surface area contributed by atoms with Crippen LogP contribution in [0.25, 0.3) is 0 Å². The molecule has 1 aliphatic heterocycles. The largest absolute Gasteiger partial charge is 0.454 e. The average molecular weight is 345 g/mol. The van der Waals surface area contributed by atoms with Crippen molar-refractivity contribution in [3.8, 4) is 17.6 Å². The Morgan fingerprint density at radius 2 is 1.54 bits per heavy atom. The first-order chi connectivity index (χ1) is 12.7. The molecule has 0 amide bonds. The summed E-state index contributed by atoms with van der Waals surface area (Å²) in [4.78, 5) is 8.81. The molecule has 128 valence electrons. The van der Waals surface area contributed by atoms with Crippen molar-refractivity contribution in [2.75, 3.05) is 17.4 Å². The Morgan fingerprint density at radius 1 is 0.885 bits per heavy atom. The molecule has 3 aromatic rings. The number of anilines is 4. The van der Waals surface area contributed by atoms with Crippen LogP contribution in [0.1, 0.15) is 11.4 Å². The van der Waals surface area contributed by atoms with Crippen molar-refractivity contribution in [3.05, 3.63) is 59.9 Å². The predicted molar refractivity (Wildman–Crippen MR) is 97.1 cm³/mol. The fourth-order valence-corrected chi connectivity index (χ4v) is 2.59. The van der Waals surface area contributed by atoms with Gasteiger partial charge in [-0.3, -0.25) is 0 Å². The van der Waals surface area contributed by atoms with Crippen molar-refractivity contribution in [1.29, 1.82) is 5.26 Å². The van der Waals surface area contributed by atoms with Gasteiger partial charge in [0.1, 0.15) is 17.5 Å². The lowest BCUT2D eigenvalue weighted by Gasteiger charge is -2.11. The van der Waals surface area contributed by atoms with Crippen LogP contribution >= 0.6 is 0 Å². The van der Waals surface area contributed by atoms with Crippen molar-refractivity contribution < 1.29 is 9.47 Å². The Kier molecular flexibility index (Phi) is 4.00. The van der Waals surface area contributed by atoms with Crippen LogP contribution < -0.4 is 20.1 Å². The number of aryl methyl sites for hydroxylation is 1. The minimum absolute atomic E-state index is 0.240. The number of nitrogens with zero attached hydrogens (tertiary/aromatic N) is 3. The van der Waals surface area contributed by atoms with Crippen LogP contribution in [0.15, 0.2) is 48.5 Å². The molecule has 26 heavy (non-hydrogen) atoms. The lowest BCUT2D eigenvalue weighted by atomic mass is 10.2. The van der Waals surface area contributed by atoms with Crippen LogP contribution in [0.5, 0.6) is 11.5 Å². The van der Waals surface area contributed by atoms with Crippen molar-refractivity contribution in [2.45, 2.75) is 6.92 Å². The molecule has 0 unspecified atom stereocenters. The molecule has 0 saturated heterocycles. The molecule has 0 spiro atoms. The summed E-state index contributed by atoms with van der Waals surface area (Å²) in [5.41, 5.74) is 2.30. The van der Waals surface area contributed by atoms with Crippen LogP contribution in [-0.2, 0) is 0 Å². The van der Waals surface area contributed by atoms with Gasteiger partial charge in [-0.05, 0) is 43.3 Å². The highest BCUT2D eigenvalue weighted by molar-refractivity contribution is 5.65. The predicted octanol–water partition coefficient (Wildman–Crippen LogP) is 3.87. The van der Waals surface area contributed by atoms with Crippen LogP contribution in [0.4, 0.5) is 23.0 Å². The summed E-state index contributed by atoms with van der Waals surface area (Å²) in [6.07, 6.45) is 0. The summed E-state index contributed by atoms with van der Waals surface area (Å²) in [5, 5.41) is 15.3. The Morgan fingerprint density at radius 3 is 2.27 bits per heavy atom. The van der Waals surface area contributed by atoms with E-state index in [9.17, 15) is 0 Å². The zero-order valence-electron chi connectivity index (χ0n) is 14.0. The Hall–Kier alpha value is -3.79. The number of hydrogen-bond donors (Lipinski definition) is 2. The third kappa shape index (κ3) is 3.35. The number of nitriles is 1. The van der Waals surface area contributed by atoms with E-state index in [0.29, 0.717) is 28.8 Å². The Balaban J connectivity index is 1.55. The number of nitrogens with one attached hydrogen (secondary N) is 2. The minimum Gasteiger partial charge on any atom is -0.454 e. The first-order valence-corrected chi connectivity index (χ1v) is 7.99. The van der Waals surface area contributed by atoms with Gasteiger partial charge in [0.25, 0.3) is 0 Å². The van der Waals surface area contributed by atoms with E-state index in [1.165, 1.54) is 0 Å². The van der Waals surface area contributed by atoms with E-state index in [1.807, 2.05) is 43.3 Å². The number of hydrogen-bond acceptors (Lipinski definition) is 7. The highest BCUT2D eigenvalue weighted by Gasteiger charge is 2.13. The first kappa shape index (κ1) is 15.7. The normalized spacial score (nSPS) is 11.7. The molecule has 0 atom stereocenters. The number of rotatable bonds is 4. The number of aromatic nitrogens is 2. The quantitative estimate of drug-likeness (QED) is 0.741. The topological polar surface area (TPSA) is 92.1 Å². The van der Waals surface area contributed by atoms with Crippen molar-refractivity contribution >= 4 is 23.0 Å². The molecule has 7 heteroatoms. The zero-order valence-corrected chi connectivity index (χ0v) is 14.0. The highest BCUT2D eigenvalue weighted by Crippen LogP contribution is 2.35. The fraction of sp³-hybridized carbons (Fsp3) is 0.105.